The van der Waals surface area contributed by atoms with Gasteiger partial charge in [0.25, 0.3) is 0 Å². The molecule has 1 unspecified atom stereocenters. The normalized spacial score (nSPS) is 12.2. The van der Waals surface area contributed by atoms with E-state index in [0.717, 1.165) is 17.9 Å². The van der Waals surface area contributed by atoms with Gasteiger partial charge in [-0.15, -0.1) is 0 Å². The van der Waals surface area contributed by atoms with Crippen LogP contribution in [0, 0.1) is 0 Å². The molecule has 18 heavy (non-hydrogen) atoms. The molecule has 0 spiro atoms. The van der Waals surface area contributed by atoms with E-state index in [0.29, 0.717) is 23.2 Å². The molecular formula is C13H19ClN2OS. The highest BCUT2D eigenvalue weighted by molar-refractivity contribution is 7.99. The van der Waals surface area contributed by atoms with Crippen molar-refractivity contribution in [3.05, 3.63) is 29.3 Å². The van der Waals surface area contributed by atoms with E-state index >= 15 is 0 Å². The third-order valence-corrected chi connectivity index (χ3v) is 3.89. The number of thioether (sulfide) groups is 1. The Labute approximate surface area is 117 Å². The number of nitrogens with two attached hydrogens (primary N) is 1. The molecule has 100 valence electrons. The van der Waals surface area contributed by atoms with Crippen LogP contribution in [0.15, 0.2) is 24.3 Å². The zero-order chi connectivity index (χ0) is 13.4. The molecule has 0 radical (unpaired) electrons. The van der Waals surface area contributed by atoms with Gasteiger partial charge in [0.1, 0.15) is 0 Å². The maximum Gasteiger partial charge on any atom is 0.225 e. The van der Waals surface area contributed by atoms with E-state index in [1.807, 2.05) is 12.1 Å². The van der Waals surface area contributed by atoms with Gasteiger partial charge in [-0.25, -0.2) is 0 Å². The standard InChI is InChI=1S/C13H19ClN2OS/c1-10(5-7-15)18-8-6-13(17)16-12-4-2-3-11(14)9-12/h2-4,9-10H,5-8,15H2,1H3,(H,16,17). The molecule has 0 aliphatic heterocycles. The second kappa shape index (κ2) is 8.40. The number of amides is 1. The maximum absolute atomic E-state index is 11.7. The van der Waals surface area contributed by atoms with Crippen LogP contribution in [-0.2, 0) is 4.79 Å². The second-order valence-electron chi connectivity index (χ2n) is 4.07. The molecule has 0 heterocycles. The van der Waals surface area contributed by atoms with Gasteiger partial charge in [0.05, 0.1) is 0 Å². The molecule has 0 aliphatic carbocycles. The summed E-state index contributed by atoms with van der Waals surface area (Å²) in [5.41, 5.74) is 6.22. The molecule has 1 aromatic rings. The molecule has 1 aromatic carbocycles. The molecule has 0 saturated heterocycles. The van der Waals surface area contributed by atoms with Gasteiger partial charge < -0.3 is 11.1 Å². The lowest BCUT2D eigenvalue weighted by Gasteiger charge is -2.09. The van der Waals surface area contributed by atoms with E-state index in [1.54, 1.807) is 23.9 Å². The summed E-state index contributed by atoms with van der Waals surface area (Å²) in [6.45, 7) is 2.83. The Morgan fingerprint density at radius 2 is 2.33 bits per heavy atom. The van der Waals surface area contributed by atoms with Gasteiger partial charge in [-0.1, -0.05) is 24.6 Å². The summed E-state index contributed by atoms with van der Waals surface area (Å²) in [5.74, 6) is 0.831. The predicted molar refractivity (Wildman–Crippen MR) is 80.3 cm³/mol. The number of halogens is 1. The van der Waals surface area contributed by atoms with E-state index in [-0.39, 0.29) is 5.91 Å². The van der Waals surface area contributed by atoms with Crippen molar-refractivity contribution in [1.82, 2.24) is 0 Å². The third kappa shape index (κ3) is 6.28. The molecule has 1 atom stereocenters. The number of hydrogen-bond donors (Lipinski definition) is 2. The van der Waals surface area contributed by atoms with Gasteiger partial charge in [-0.3, -0.25) is 4.79 Å². The summed E-state index contributed by atoms with van der Waals surface area (Å²) in [4.78, 5) is 11.7. The Bertz CT molecular complexity index is 387. The Morgan fingerprint density at radius 3 is 3.00 bits per heavy atom. The molecule has 5 heteroatoms. The van der Waals surface area contributed by atoms with E-state index in [9.17, 15) is 4.79 Å². The zero-order valence-electron chi connectivity index (χ0n) is 10.5. The van der Waals surface area contributed by atoms with Crippen molar-refractivity contribution < 1.29 is 4.79 Å². The summed E-state index contributed by atoms with van der Waals surface area (Å²) in [5, 5.41) is 3.96. The largest absolute Gasteiger partial charge is 0.330 e. The van der Waals surface area contributed by atoms with Crippen LogP contribution in [0.25, 0.3) is 0 Å². The average Bonchev–Trinajstić information content (AvgIpc) is 2.29. The molecule has 3 nitrogen and oxygen atoms in total. The van der Waals surface area contributed by atoms with E-state index in [4.69, 9.17) is 17.3 Å². The van der Waals surface area contributed by atoms with Crippen LogP contribution in [-0.4, -0.2) is 23.5 Å². The number of rotatable bonds is 7. The van der Waals surface area contributed by atoms with Crippen molar-refractivity contribution in [2.45, 2.75) is 25.0 Å². The smallest absolute Gasteiger partial charge is 0.225 e. The fourth-order valence-electron chi connectivity index (χ4n) is 1.46. The number of anilines is 1. The summed E-state index contributed by atoms with van der Waals surface area (Å²) < 4.78 is 0. The van der Waals surface area contributed by atoms with Gasteiger partial charge in [0.2, 0.25) is 5.91 Å². The minimum Gasteiger partial charge on any atom is -0.330 e. The highest BCUT2D eigenvalue weighted by Gasteiger charge is 2.05. The molecule has 0 fully saturated rings. The fraction of sp³-hybridized carbons (Fsp3) is 0.462. The zero-order valence-corrected chi connectivity index (χ0v) is 12.1. The SMILES string of the molecule is CC(CCN)SCCC(=O)Nc1cccc(Cl)c1. The number of benzene rings is 1. The Morgan fingerprint density at radius 1 is 1.56 bits per heavy atom. The van der Waals surface area contributed by atoms with Crippen molar-refractivity contribution in [2.24, 2.45) is 5.73 Å². The summed E-state index contributed by atoms with van der Waals surface area (Å²) in [6.07, 6.45) is 1.49. The first kappa shape index (κ1) is 15.3. The molecule has 3 N–H and O–H groups in total. The van der Waals surface area contributed by atoms with E-state index in [1.165, 1.54) is 0 Å². The van der Waals surface area contributed by atoms with Crippen LogP contribution in [0.2, 0.25) is 5.02 Å². The number of carbonyl (C=O) groups excluding carboxylic acids is 1. The quantitative estimate of drug-likeness (QED) is 0.810. The number of carbonyl (C=O) groups is 1. The van der Waals surface area contributed by atoms with Crippen molar-refractivity contribution in [3.8, 4) is 0 Å². The predicted octanol–water partition coefficient (Wildman–Crippen LogP) is 3.14. The Kier molecular flexibility index (Phi) is 7.16. The molecule has 0 saturated carbocycles. The maximum atomic E-state index is 11.7. The monoisotopic (exact) mass is 286 g/mol. The van der Waals surface area contributed by atoms with Crippen LogP contribution in [0.5, 0.6) is 0 Å². The lowest BCUT2D eigenvalue weighted by Crippen LogP contribution is -2.13. The van der Waals surface area contributed by atoms with Gasteiger partial charge in [0, 0.05) is 28.1 Å². The van der Waals surface area contributed by atoms with Crippen molar-refractivity contribution in [2.75, 3.05) is 17.6 Å². The minimum absolute atomic E-state index is 0.0183. The lowest BCUT2D eigenvalue weighted by molar-refractivity contribution is -0.115. The van der Waals surface area contributed by atoms with E-state index < -0.39 is 0 Å². The number of hydrogen-bond acceptors (Lipinski definition) is 3. The van der Waals surface area contributed by atoms with E-state index in [2.05, 4.69) is 12.2 Å². The Hall–Kier alpha value is -0.710. The first-order valence-electron chi connectivity index (χ1n) is 5.99. The summed E-state index contributed by atoms with van der Waals surface area (Å²) >= 11 is 7.62. The average molecular weight is 287 g/mol. The Balaban J connectivity index is 2.25. The molecule has 1 amide bonds. The van der Waals surface area contributed by atoms with Gasteiger partial charge >= 0.3 is 0 Å². The van der Waals surface area contributed by atoms with Crippen LogP contribution >= 0.6 is 23.4 Å². The van der Waals surface area contributed by atoms with Crippen molar-refractivity contribution >= 4 is 35.0 Å². The first-order chi connectivity index (χ1) is 8.61. The highest BCUT2D eigenvalue weighted by atomic mass is 35.5. The minimum atomic E-state index is 0.0183. The second-order valence-corrected chi connectivity index (χ2v) is 6.05. The highest BCUT2D eigenvalue weighted by Crippen LogP contribution is 2.17. The molecule has 0 aliphatic rings. The van der Waals surface area contributed by atoms with Gasteiger partial charge in [-0.2, -0.15) is 11.8 Å². The van der Waals surface area contributed by atoms with Gasteiger partial charge in [-0.05, 0) is 31.2 Å². The molecular weight excluding hydrogens is 268 g/mol. The fourth-order valence-corrected chi connectivity index (χ4v) is 2.66. The van der Waals surface area contributed by atoms with Crippen molar-refractivity contribution in [3.63, 3.8) is 0 Å². The molecule has 0 bridgehead atoms. The lowest BCUT2D eigenvalue weighted by atomic mass is 10.3. The van der Waals surface area contributed by atoms with Crippen LogP contribution < -0.4 is 11.1 Å². The van der Waals surface area contributed by atoms with Gasteiger partial charge in [0.15, 0.2) is 0 Å². The first-order valence-corrected chi connectivity index (χ1v) is 7.41. The summed E-state index contributed by atoms with van der Waals surface area (Å²) in [6, 6.07) is 7.16. The number of nitrogens with one attached hydrogen (secondary N) is 1. The van der Waals surface area contributed by atoms with Crippen LogP contribution in [0.4, 0.5) is 5.69 Å². The van der Waals surface area contributed by atoms with Crippen LogP contribution in [0.3, 0.4) is 0 Å². The van der Waals surface area contributed by atoms with Crippen molar-refractivity contribution in [1.29, 1.82) is 0 Å². The third-order valence-electron chi connectivity index (χ3n) is 2.41. The topological polar surface area (TPSA) is 55.1 Å². The molecule has 1 rings (SSSR count). The van der Waals surface area contributed by atoms with Crippen LogP contribution in [0.1, 0.15) is 19.8 Å². The summed E-state index contributed by atoms with van der Waals surface area (Å²) in [7, 11) is 0. The molecule has 0 aromatic heterocycles.